The highest BCUT2D eigenvalue weighted by Crippen LogP contribution is 2.13. The molecule has 0 fully saturated rings. The molecule has 0 aliphatic carbocycles. The number of ether oxygens (including phenoxy) is 3. The van der Waals surface area contributed by atoms with E-state index in [0.29, 0.717) is 57.1 Å². The number of aromatic nitrogens is 1. The predicted molar refractivity (Wildman–Crippen MR) is 137 cm³/mol. The number of hydrogen-bond acceptors (Lipinski definition) is 6. The van der Waals surface area contributed by atoms with Gasteiger partial charge in [-0.05, 0) is 56.7 Å². The zero-order chi connectivity index (χ0) is 26.3. The van der Waals surface area contributed by atoms with Crippen LogP contribution >= 0.6 is 0 Å². The number of urea groups is 1. The molecule has 0 saturated heterocycles. The van der Waals surface area contributed by atoms with Crippen molar-refractivity contribution >= 4 is 23.6 Å². The van der Waals surface area contributed by atoms with Crippen LogP contribution in [0.3, 0.4) is 0 Å². The fraction of sp³-hybridized carbons (Fsp3) is 0.500. The van der Waals surface area contributed by atoms with Crippen LogP contribution in [0.2, 0.25) is 0 Å². The van der Waals surface area contributed by atoms with Crippen LogP contribution in [-0.2, 0) is 32.6 Å². The molecule has 1 N–H and O–H groups in total. The SMILES string of the molecule is CCOCCCN(CC(=O)N(CCOC)Cc1cccn1C)C(=O)Nc1ccc(C(=O)OCC)cc1. The Balaban J connectivity index is 2.10. The van der Waals surface area contributed by atoms with Crippen LogP contribution < -0.4 is 5.32 Å². The van der Waals surface area contributed by atoms with Gasteiger partial charge in [0.25, 0.3) is 0 Å². The highest BCUT2D eigenvalue weighted by molar-refractivity contribution is 5.94. The third kappa shape index (κ3) is 9.35. The Morgan fingerprint density at radius 3 is 2.33 bits per heavy atom. The van der Waals surface area contributed by atoms with Crippen LogP contribution in [0, 0.1) is 0 Å². The largest absolute Gasteiger partial charge is 0.462 e. The minimum atomic E-state index is -0.423. The van der Waals surface area contributed by atoms with E-state index >= 15 is 0 Å². The van der Waals surface area contributed by atoms with E-state index in [1.165, 1.54) is 4.90 Å². The minimum Gasteiger partial charge on any atom is -0.462 e. The molecule has 0 aliphatic heterocycles. The lowest BCUT2D eigenvalue weighted by molar-refractivity contribution is -0.133. The summed E-state index contributed by atoms with van der Waals surface area (Å²) in [5.41, 5.74) is 1.89. The third-order valence-corrected chi connectivity index (χ3v) is 5.50. The van der Waals surface area contributed by atoms with Gasteiger partial charge in [0.2, 0.25) is 5.91 Å². The number of nitrogens with one attached hydrogen (secondary N) is 1. The molecule has 0 spiro atoms. The van der Waals surface area contributed by atoms with Crippen LogP contribution in [0.25, 0.3) is 0 Å². The molecule has 1 aromatic heterocycles. The van der Waals surface area contributed by atoms with E-state index in [4.69, 9.17) is 14.2 Å². The first-order chi connectivity index (χ1) is 17.4. The standard InChI is InChI=1S/C26H38N4O6/c1-5-35-17-8-15-30(26(33)27-22-12-10-21(11-13-22)25(32)36-6-2)20-24(31)29(16-18-34-4)19-23-9-7-14-28(23)3/h7,9-14H,5-6,8,15-20H2,1-4H3,(H,27,33). The summed E-state index contributed by atoms with van der Waals surface area (Å²) in [4.78, 5) is 41.4. The molecule has 0 atom stereocenters. The Hall–Kier alpha value is -3.37. The van der Waals surface area contributed by atoms with Crippen molar-refractivity contribution in [3.05, 3.63) is 53.9 Å². The van der Waals surface area contributed by atoms with Crippen molar-refractivity contribution in [1.29, 1.82) is 0 Å². The second-order valence-electron chi connectivity index (χ2n) is 8.12. The van der Waals surface area contributed by atoms with Crippen molar-refractivity contribution in [3.63, 3.8) is 0 Å². The number of amides is 3. The van der Waals surface area contributed by atoms with Crippen molar-refractivity contribution in [2.75, 3.05) is 58.5 Å². The van der Waals surface area contributed by atoms with Crippen LogP contribution in [0.1, 0.15) is 36.3 Å². The summed E-state index contributed by atoms with van der Waals surface area (Å²) >= 11 is 0. The van der Waals surface area contributed by atoms with Crippen molar-refractivity contribution in [3.8, 4) is 0 Å². The molecule has 1 heterocycles. The number of benzene rings is 1. The third-order valence-electron chi connectivity index (χ3n) is 5.50. The van der Waals surface area contributed by atoms with Crippen molar-refractivity contribution < 1.29 is 28.6 Å². The fourth-order valence-corrected chi connectivity index (χ4v) is 3.47. The van der Waals surface area contributed by atoms with Crippen LogP contribution in [-0.4, -0.2) is 85.4 Å². The number of hydrogen-bond donors (Lipinski definition) is 1. The van der Waals surface area contributed by atoms with Gasteiger partial charge in [0.05, 0.1) is 25.3 Å². The second kappa shape index (κ2) is 15.6. The molecule has 2 aromatic rings. The molecule has 0 bridgehead atoms. The average Bonchev–Trinajstić information content (AvgIpc) is 3.28. The number of aryl methyl sites for hydroxylation is 1. The van der Waals surface area contributed by atoms with E-state index in [2.05, 4.69) is 5.32 Å². The summed E-state index contributed by atoms with van der Waals surface area (Å²) in [7, 11) is 3.51. The number of carbonyl (C=O) groups excluding carboxylic acids is 3. The Bertz CT molecular complexity index is 960. The van der Waals surface area contributed by atoms with Gasteiger partial charge in [0.1, 0.15) is 6.54 Å². The maximum absolute atomic E-state index is 13.3. The van der Waals surface area contributed by atoms with E-state index in [-0.39, 0.29) is 19.1 Å². The second-order valence-corrected chi connectivity index (χ2v) is 8.12. The smallest absolute Gasteiger partial charge is 0.338 e. The highest BCUT2D eigenvalue weighted by Gasteiger charge is 2.22. The number of anilines is 1. The molecule has 36 heavy (non-hydrogen) atoms. The highest BCUT2D eigenvalue weighted by atomic mass is 16.5. The fourth-order valence-electron chi connectivity index (χ4n) is 3.47. The predicted octanol–water partition coefficient (Wildman–Crippen LogP) is 3.14. The van der Waals surface area contributed by atoms with E-state index in [1.54, 1.807) is 43.2 Å². The number of rotatable bonds is 15. The lowest BCUT2D eigenvalue weighted by atomic mass is 10.2. The van der Waals surface area contributed by atoms with Gasteiger partial charge in [-0.15, -0.1) is 0 Å². The molecule has 0 aliphatic rings. The molecule has 0 unspecified atom stereocenters. The quantitative estimate of drug-likeness (QED) is 0.297. The Morgan fingerprint density at radius 1 is 0.972 bits per heavy atom. The van der Waals surface area contributed by atoms with Crippen LogP contribution in [0.4, 0.5) is 10.5 Å². The summed E-state index contributed by atoms with van der Waals surface area (Å²) in [5.74, 6) is -0.606. The Kier molecular flexibility index (Phi) is 12.5. The van der Waals surface area contributed by atoms with Gasteiger partial charge < -0.3 is 33.9 Å². The molecule has 198 valence electrons. The zero-order valence-corrected chi connectivity index (χ0v) is 21.7. The molecular weight excluding hydrogens is 464 g/mol. The normalized spacial score (nSPS) is 10.7. The molecular formula is C26H38N4O6. The summed E-state index contributed by atoms with van der Waals surface area (Å²) in [5, 5.41) is 2.82. The van der Waals surface area contributed by atoms with Gasteiger partial charge in [-0.3, -0.25) is 4.79 Å². The molecule has 0 radical (unpaired) electrons. The maximum Gasteiger partial charge on any atom is 0.338 e. The van der Waals surface area contributed by atoms with Crippen molar-refractivity contribution in [2.45, 2.75) is 26.8 Å². The average molecular weight is 503 g/mol. The van der Waals surface area contributed by atoms with E-state index in [9.17, 15) is 14.4 Å². The number of esters is 1. The lowest BCUT2D eigenvalue weighted by Gasteiger charge is -2.28. The van der Waals surface area contributed by atoms with Gasteiger partial charge in [-0.25, -0.2) is 9.59 Å². The van der Waals surface area contributed by atoms with E-state index in [1.807, 2.05) is 36.9 Å². The number of methoxy groups -OCH3 is 1. The number of nitrogens with zero attached hydrogens (tertiary/aromatic N) is 3. The van der Waals surface area contributed by atoms with Crippen LogP contribution in [0.15, 0.2) is 42.6 Å². The maximum atomic E-state index is 13.3. The zero-order valence-electron chi connectivity index (χ0n) is 21.7. The lowest BCUT2D eigenvalue weighted by Crippen LogP contribution is -2.45. The molecule has 10 nitrogen and oxygen atoms in total. The molecule has 2 rings (SSSR count). The van der Waals surface area contributed by atoms with Gasteiger partial charge in [0, 0.05) is 58.0 Å². The van der Waals surface area contributed by atoms with Gasteiger partial charge >= 0.3 is 12.0 Å². The van der Waals surface area contributed by atoms with Crippen LogP contribution in [0.5, 0.6) is 0 Å². The van der Waals surface area contributed by atoms with Crippen molar-refractivity contribution in [1.82, 2.24) is 14.4 Å². The molecule has 10 heteroatoms. The molecule has 1 aromatic carbocycles. The summed E-state index contributed by atoms with van der Waals surface area (Å²) in [6.45, 7) is 6.47. The molecule has 0 saturated carbocycles. The summed E-state index contributed by atoms with van der Waals surface area (Å²) in [6, 6.07) is 9.91. The Labute approximate surface area is 213 Å². The molecule has 3 amide bonds. The van der Waals surface area contributed by atoms with Gasteiger partial charge in [0.15, 0.2) is 0 Å². The topological polar surface area (TPSA) is 102 Å². The first-order valence-electron chi connectivity index (χ1n) is 12.2. The first kappa shape index (κ1) is 28.9. The Morgan fingerprint density at radius 2 is 1.72 bits per heavy atom. The number of carbonyl (C=O) groups is 3. The van der Waals surface area contributed by atoms with Gasteiger partial charge in [-0.1, -0.05) is 0 Å². The summed E-state index contributed by atoms with van der Waals surface area (Å²) < 4.78 is 17.6. The van der Waals surface area contributed by atoms with Crippen molar-refractivity contribution in [2.24, 2.45) is 7.05 Å². The van der Waals surface area contributed by atoms with E-state index in [0.717, 1.165) is 5.69 Å². The monoisotopic (exact) mass is 502 g/mol. The minimum absolute atomic E-state index is 0.0903. The first-order valence-corrected chi connectivity index (χ1v) is 12.2. The summed E-state index contributed by atoms with van der Waals surface area (Å²) in [6.07, 6.45) is 2.52. The van der Waals surface area contributed by atoms with E-state index < -0.39 is 12.0 Å². The van der Waals surface area contributed by atoms with Gasteiger partial charge in [-0.2, -0.15) is 0 Å².